The molecule has 0 spiro atoms. The van der Waals surface area contributed by atoms with Crippen LogP contribution in [0.4, 0.5) is 5.69 Å². The first-order chi connectivity index (χ1) is 9.76. The molecular formula is C16H17ClN2O. The molecule has 0 unspecified atom stereocenters. The van der Waals surface area contributed by atoms with E-state index in [-0.39, 0.29) is 0 Å². The van der Waals surface area contributed by atoms with Crippen molar-refractivity contribution in [2.24, 2.45) is 0 Å². The van der Waals surface area contributed by atoms with Gasteiger partial charge in [0.15, 0.2) is 0 Å². The number of benzene rings is 1. The number of rotatable bonds is 4. The number of aromatic nitrogens is 1. The van der Waals surface area contributed by atoms with Crippen molar-refractivity contribution in [1.82, 2.24) is 4.98 Å². The molecule has 1 fully saturated rings. The van der Waals surface area contributed by atoms with Gasteiger partial charge in [0.05, 0.1) is 12.8 Å². The average Bonchev–Trinajstić information content (AvgIpc) is 2.42. The van der Waals surface area contributed by atoms with Gasteiger partial charge in [0, 0.05) is 17.3 Å². The van der Waals surface area contributed by atoms with Crippen LogP contribution in [0.5, 0.6) is 5.88 Å². The number of hydrogen-bond acceptors (Lipinski definition) is 3. The maximum Gasteiger partial charge on any atom is 0.237 e. The molecule has 0 radical (unpaired) electrons. The van der Waals surface area contributed by atoms with Crippen LogP contribution in [0.15, 0.2) is 42.6 Å². The first kappa shape index (κ1) is 13.3. The first-order valence-electron chi connectivity index (χ1n) is 6.77. The van der Waals surface area contributed by atoms with E-state index in [9.17, 15) is 0 Å². The fourth-order valence-corrected chi connectivity index (χ4v) is 2.85. The number of halogens is 1. The van der Waals surface area contributed by atoms with E-state index >= 15 is 0 Å². The number of nitrogens with zero attached hydrogens (tertiary/aromatic N) is 1. The van der Waals surface area contributed by atoms with Gasteiger partial charge in [0.25, 0.3) is 0 Å². The lowest BCUT2D eigenvalue weighted by atomic mass is 9.76. The summed E-state index contributed by atoms with van der Waals surface area (Å²) < 4.78 is 5.25. The number of hydrogen-bond donors (Lipinski definition) is 1. The molecule has 0 saturated heterocycles. The van der Waals surface area contributed by atoms with Gasteiger partial charge < -0.3 is 10.1 Å². The molecule has 2 aromatic rings. The normalized spacial score (nSPS) is 21.1. The number of ether oxygens (including phenoxy) is 1. The van der Waals surface area contributed by atoms with E-state index in [1.54, 1.807) is 13.3 Å². The molecule has 4 heteroatoms. The minimum absolute atomic E-state index is 0.470. The molecular weight excluding hydrogens is 272 g/mol. The van der Waals surface area contributed by atoms with Crippen LogP contribution in [0, 0.1) is 0 Å². The van der Waals surface area contributed by atoms with Gasteiger partial charge in [-0.05, 0) is 48.6 Å². The Morgan fingerprint density at radius 3 is 2.85 bits per heavy atom. The van der Waals surface area contributed by atoms with Crippen LogP contribution in [0.25, 0.3) is 0 Å². The van der Waals surface area contributed by atoms with Gasteiger partial charge in [-0.25, -0.2) is 4.98 Å². The lowest BCUT2D eigenvalue weighted by Gasteiger charge is -2.37. The summed E-state index contributed by atoms with van der Waals surface area (Å²) in [6.07, 6.45) is 3.95. The fourth-order valence-electron chi connectivity index (χ4n) is 2.65. The van der Waals surface area contributed by atoms with Gasteiger partial charge in [0.1, 0.15) is 0 Å². The molecule has 1 aliphatic rings. The Labute approximate surface area is 123 Å². The van der Waals surface area contributed by atoms with E-state index in [1.807, 2.05) is 24.3 Å². The zero-order chi connectivity index (χ0) is 13.9. The highest BCUT2D eigenvalue weighted by molar-refractivity contribution is 6.30. The molecule has 1 aliphatic carbocycles. The quantitative estimate of drug-likeness (QED) is 0.919. The Hall–Kier alpha value is -1.74. The van der Waals surface area contributed by atoms with E-state index in [0.29, 0.717) is 17.8 Å². The number of nitrogens with one attached hydrogen (secondary N) is 1. The average molecular weight is 289 g/mol. The second-order valence-electron chi connectivity index (χ2n) is 5.12. The molecule has 3 rings (SSSR count). The van der Waals surface area contributed by atoms with Gasteiger partial charge in [-0.1, -0.05) is 23.7 Å². The van der Waals surface area contributed by atoms with Crippen molar-refractivity contribution in [2.45, 2.75) is 24.8 Å². The Morgan fingerprint density at radius 1 is 1.25 bits per heavy atom. The first-order valence-corrected chi connectivity index (χ1v) is 7.15. The Kier molecular flexibility index (Phi) is 3.79. The number of methoxy groups -OCH3 is 1. The summed E-state index contributed by atoms with van der Waals surface area (Å²) >= 11 is 6.04. The van der Waals surface area contributed by atoms with Crippen LogP contribution < -0.4 is 10.1 Å². The zero-order valence-electron chi connectivity index (χ0n) is 11.3. The summed E-state index contributed by atoms with van der Waals surface area (Å²) in [6, 6.07) is 12.5. The van der Waals surface area contributed by atoms with Crippen molar-refractivity contribution in [2.75, 3.05) is 12.4 Å². The fraction of sp³-hybridized carbons (Fsp3) is 0.312. The summed E-state index contributed by atoms with van der Waals surface area (Å²) in [6.45, 7) is 0. The van der Waals surface area contributed by atoms with E-state index in [4.69, 9.17) is 16.3 Å². The summed E-state index contributed by atoms with van der Waals surface area (Å²) in [5, 5.41) is 4.30. The molecule has 3 nitrogen and oxygen atoms in total. The second kappa shape index (κ2) is 5.71. The van der Waals surface area contributed by atoms with Crippen LogP contribution in [0.1, 0.15) is 24.3 Å². The molecule has 104 valence electrons. The van der Waals surface area contributed by atoms with E-state index in [2.05, 4.69) is 22.4 Å². The molecule has 1 aromatic carbocycles. The smallest absolute Gasteiger partial charge is 0.237 e. The molecule has 1 aromatic heterocycles. The predicted octanol–water partition coefficient (Wildman–Crippen LogP) is 4.10. The van der Waals surface area contributed by atoms with Gasteiger partial charge in [0.2, 0.25) is 5.88 Å². The molecule has 1 N–H and O–H groups in total. The van der Waals surface area contributed by atoms with Crippen molar-refractivity contribution in [3.8, 4) is 5.88 Å². The van der Waals surface area contributed by atoms with Crippen LogP contribution in [-0.2, 0) is 0 Å². The zero-order valence-corrected chi connectivity index (χ0v) is 12.1. The van der Waals surface area contributed by atoms with Crippen LogP contribution in [-0.4, -0.2) is 18.1 Å². The highest BCUT2D eigenvalue weighted by Gasteiger charge is 2.30. The topological polar surface area (TPSA) is 34.1 Å². The van der Waals surface area contributed by atoms with Gasteiger partial charge in [-0.15, -0.1) is 0 Å². The van der Waals surface area contributed by atoms with Crippen molar-refractivity contribution >= 4 is 17.3 Å². The third kappa shape index (κ3) is 2.73. The molecule has 1 saturated carbocycles. The second-order valence-corrected chi connectivity index (χ2v) is 5.56. The van der Waals surface area contributed by atoms with Crippen molar-refractivity contribution in [3.63, 3.8) is 0 Å². The number of anilines is 1. The molecule has 1 heterocycles. The highest BCUT2D eigenvalue weighted by Crippen LogP contribution is 2.39. The van der Waals surface area contributed by atoms with Crippen LogP contribution >= 0.6 is 11.6 Å². The largest absolute Gasteiger partial charge is 0.480 e. The molecule has 0 atom stereocenters. The summed E-state index contributed by atoms with van der Waals surface area (Å²) in [7, 11) is 1.64. The summed E-state index contributed by atoms with van der Waals surface area (Å²) in [5.41, 5.74) is 2.29. The Balaban J connectivity index is 1.61. The highest BCUT2D eigenvalue weighted by atomic mass is 35.5. The van der Waals surface area contributed by atoms with Crippen LogP contribution in [0.2, 0.25) is 5.02 Å². The third-order valence-corrected chi connectivity index (χ3v) is 4.02. The predicted molar refractivity (Wildman–Crippen MR) is 81.6 cm³/mol. The molecule has 0 aliphatic heterocycles. The molecule has 0 amide bonds. The standard InChI is InChI=1S/C16H17ClN2O/c1-20-16-15(6-3-7-18-16)19-14-9-12(10-14)11-4-2-5-13(17)8-11/h2-8,12,14,19H,9-10H2,1H3. The van der Waals surface area contributed by atoms with Gasteiger partial charge in [-0.2, -0.15) is 0 Å². The van der Waals surface area contributed by atoms with Gasteiger partial charge in [-0.3, -0.25) is 0 Å². The maximum atomic E-state index is 6.04. The van der Waals surface area contributed by atoms with E-state index in [0.717, 1.165) is 23.6 Å². The van der Waals surface area contributed by atoms with Crippen molar-refractivity contribution in [1.29, 1.82) is 0 Å². The summed E-state index contributed by atoms with van der Waals surface area (Å²) in [5.74, 6) is 1.24. The third-order valence-electron chi connectivity index (χ3n) is 3.78. The maximum absolute atomic E-state index is 6.04. The minimum Gasteiger partial charge on any atom is -0.480 e. The Bertz CT molecular complexity index is 597. The minimum atomic E-state index is 0.470. The van der Waals surface area contributed by atoms with Crippen molar-refractivity contribution in [3.05, 3.63) is 53.2 Å². The molecule has 20 heavy (non-hydrogen) atoms. The van der Waals surface area contributed by atoms with Crippen molar-refractivity contribution < 1.29 is 4.74 Å². The SMILES string of the molecule is COc1ncccc1NC1CC(c2cccc(Cl)c2)C1. The monoisotopic (exact) mass is 288 g/mol. The van der Waals surface area contributed by atoms with Crippen LogP contribution in [0.3, 0.4) is 0 Å². The lowest BCUT2D eigenvalue weighted by molar-refractivity contribution is 0.367. The number of pyridine rings is 1. The summed E-state index contributed by atoms with van der Waals surface area (Å²) in [4.78, 5) is 4.20. The lowest BCUT2D eigenvalue weighted by Crippen LogP contribution is -2.34. The van der Waals surface area contributed by atoms with E-state index < -0.39 is 0 Å². The Morgan fingerprint density at radius 2 is 2.10 bits per heavy atom. The van der Waals surface area contributed by atoms with Gasteiger partial charge >= 0.3 is 0 Å². The van der Waals surface area contributed by atoms with E-state index in [1.165, 1.54) is 5.56 Å². The molecule has 0 bridgehead atoms.